The van der Waals surface area contributed by atoms with Gasteiger partial charge in [0.1, 0.15) is 0 Å². The smallest absolute Gasteiger partial charge is 0.317 e. The molecule has 1 N–H and O–H groups in total. The van der Waals surface area contributed by atoms with Gasteiger partial charge in [-0.3, -0.25) is 4.98 Å². The van der Waals surface area contributed by atoms with Crippen LogP contribution in [0.15, 0.2) is 28.9 Å². The molecule has 0 atom stereocenters. The lowest BCUT2D eigenvalue weighted by molar-refractivity contribution is 0.465. The number of nitrogens with zero attached hydrogens (tertiary/aromatic N) is 4. The molecule has 0 aliphatic rings. The van der Waals surface area contributed by atoms with Crippen LogP contribution in [0.1, 0.15) is 24.8 Å². The van der Waals surface area contributed by atoms with Crippen LogP contribution in [0.5, 0.6) is 0 Å². The number of hydrogen-bond donors (Lipinski definition) is 1. The maximum atomic E-state index is 5.61. The van der Waals surface area contributed by atoms with Gasteiger partial charge in [-0.05, 0) is 37.1 Å². The number of nitrogens with one attached hydrogen (secondary N) is 1. The number of rotatable bonds is 8. The van der Waals surface area contributed by atoms with E-state index in [1.807, 2.05) is 24.1 Å². The molecule has 0 aromatic carbocycles. The highest BCUT2D eigenvalue weighted by Crippen LogP contribution is 2.11. The summed E-state index contributed by atoms with van der Waals surface area (Å²) in [5.41, 5.74) is 1.25. The Hall–Kier alpha value is -1.95. The molecule has 2 heterocycles. The molecule has 20 heavy (non-hydrogen) atoms. The maximum absolute atomic E-state index is 5.61. The van der Waals surface area contributed by atoms with E-state index in [4.69, 9.17) is 4.42 Å². The second-order valence-corrected chi connectivity index (χ2v) is 4.68. The van der Waals surface area contributed by atoms with Gasteiger partial charge in [0.2, 0.25) is 5.89 Å². The fourth-order valence-corrected chi connectivity index (χ4v) is 1.78. The Morgan fingerprint density at radius 1 is 1.25 bits per heavy atom. The Morgan fingerprint density at radius 3 is 2.80 bits per heavy atom. The minimum atomic E-state index is 0.562. The molecule has 2 aromatic heterocycles. The van der Waals surface area contributed by atoms with Crippen molar-refractivity contribution in [1.29, 1.82) is 0 Å². The lowest BCUT2D eigenvalue weighted by Crippen LogP contribution is -2.20. The third-order valence-corrected chi connectivity index (χ3v) is 2.97. The molecule has 0 bridgehead atoms. The largest absolute Gasteiger partial charge is 0.407 e. The molecule has 0 aliphatic carbocycles. The number of anilines is 1. The summed E-state index contributed by atoms with van der Waals surface area (Å²) in [5, 5.41) is 11.3. The molecule has 0 saturated heterocycles. The molecular formula is C14H21N5O. The predicted octanol–water partition coefficient (Wildman–Crippen LogP) is 1.64. The van der Waals surface area contributed by atoms with E-state index in [2.05, 4.69) is 27.4 Å². The van der Waals surface area contributed by atoms with Crippen molar-refractivity contribution >= 4 is 6.01 Å². The summed E-state index contributed by atoms with van der Waals surface area (Å²) in [5.74, 6) is 0.629. The summed E-state index contributed by atoms with van der Waals surface area (Å²) in [7, 11) is 1.96. The molecule has 6 heteroatoms. The molecule has 0 unspecified atom stereocenters. The fraction of sp³-hybridized carbons (Fsp3) is 0.500. The zero-order chi connectivity index (χ0) is 14.2. The minimum absolute atomic E-state index is 0.562. The van der Waals surface area contributed by atoms with Gasteiger partial charge in [-0.15, -0.1) is 5.10 Å². The van der Waals surface area contributed by atoms with Crippen molar-refractivity contribution < 1.29 is 4.42 Å². The minimum Gasteiger partial charge on any atom is -0.407 e. The third-order valence-electron chi connectivity index (χ3n) is 2.97. The first-order chi connectivity index (χ1) is 9.79. The Kier molecular flexibility index (Phi) is 5.49. The molecule has 0 radical (unpaired) electrons. The van der Waals surface area contributed by atoms with Gasteiger partial charge in [0.25, 0.3) is 0 Å². The monoisotopic (exact) mass is 275 g/mol. The van der Waals surface area contributed by atoms with E-state index in [-0.39, 0.29) is 0 Å². The first-order valence-corrected chi connectivity index (χ1v) is 6.92. The Balaban J connectivity index is 1.81. The van der Waals surface area contributed by atoms with Crippen LogP contribution in [-0.2, 0) is 13.0 Å². The number of pyridine rings is 1. The summed E-state index contributed by atoms with van der Waals surface area (Å²) in [6, 6.07) is 4.59. The zero-order valence-corrected chi connectivity index (χ0v) is 12.0. The van der Waals surface area contributed by atoms with Crippen molar-refractivity contribution in [3.05, 3.63) is 36.0 Å². The molecule has 2 rings (SSSR count). The molecule has 0 saturated carbocycles. The van der Waals surface area contributed by atoms with E-state index in [1.165, 1.54) is 5.56 Å². The number of aromatic nitrogens is 3. The Bertz CT molecular complexity index is 499. The van der Waals surface area contributed by atoms with Gasteiger partial charge < -0.3 is 14.6 Å². The van der Waals surface area contributed by atoms with Gasteiger partial charge in [-0.2, -0.15) is 0 Å². The second-order valence-electron chi connectivity index (χ2n) is 4.68. The number of likely N-dealkylation sites (N-methyl/N-ethyl adjacent to an activating group) is 1. The standard InChI is InChI=1S/C14H21N5O/c1-3-7-16-11-13-17-18-14(20-13)19(2)10-6-12-4-8-15-9-5-12/h4-5,8-9,16H,3,6-7,10-11H2,1-2H3. The topological polar surface area (TPSA) is 67.1 Å². The van der Waals surface area contributed by atoms with Crippen molar-refractivity contribution in [1.82, 2.24) is 20.5 Å². The maximum Gasteiger partial charge on any atom is 0.317 e. The van der Waals surface area contributed by atoms with Crippen LogP contribution >= 0.6 is 0 Å². The van der Waals surface area contributed by atoms with Gasteiger partial charge in [0, 0.05) is 26.0 Å². The van der Waals surface area contributed by atoms with E-state index in [1.54, 1.807) is 12.4 Å². The molecule has 6 nitrogen and oxygen atoms in total. The zero-order valence-electron chi connectivity index (χ0n) is 12.0. The van der Waals surface area contributed by atoms with Gasteiger partial charge in [0.15, 0.2) is 0 Å². The average Bonchev–Trinajstić information content (AvgIpc) is 2.95. The van der Waals surface area contributed by atoms with Crippen molar-refractivity contribution in [2.75, 3.05) is 25.0 Å². The van der Waals surface area contributed by atoms with Crippen molar-refractivity contribution in [3.63, 3.8) is 0 Å². The quantitative estimate of drug-likeness (QED) is 0.739. The summed E-state index contributed by atoms with van der Waals surface area (Å²) in [6.07, 6.45) is 5.62. The van der Waals surface area contributed by atoms with Crippen LogP contribution < -0.4 is 10.2 Å². The second kappa shape index (κ2) is 7.59. The first-order valence-electron chi connectivity index (χ1n) is 6.92. The van der Waals surface area contributed by atoms with Crippen LogP contribution in [-0.4, -0.2) is 35.3 Å². The summed E-state index contributed by atoms with van der Waals surface area (Å²) in [4.78, 5) is 5.98. The lowest BCUT2D eigenvalue weighted by Gasteiger charge is -2.13. The van der Waals surface area contributed by atoms with E-state index in [0.29, 0.717) is 18.5 Å². The molecular weight excluding hydrogens is 254 g/mol. The Labute approximate surface area is 119 Å². The average molecular weight is 275 g/mol. The lowest BCUT2D eigenvalue weighted by atomic mass is 10.2. The van der Waals surface area contributed by atoms with E-state index in [9.17, 15) is 0 Å². The van der Waals surface area contributed by atoms with Crippen LogP contribution in [0.2, 0.25) is 0 Å². The van der Waals surface area contributed by atoms with Crippen molar-refractivity contribution in [2.45, 2.75) is 26.3 Å². The van der Waals surface area contributed by atoms with Crippen LogP contribution in [0.25, 0.3) is 0 Å². The van der Waals surface area contributed by atoms with E-state index >= 15 is 0 Å². The Morgan fingerprint density at radius 2 is 2.05 bits per heavy atom. The third kappa shape index (κ3) is 4.31. The van der Waals surface area contributed by atoms with Gasteiger partial charge >= 0.3 is 6.01 Å². The SMILES string of the molecule is CCCNCc1nnc(N(C)CCc2ccncc2)o1. The van der Waals surface area contributed by atoms with Crippen LogP contribution in [0.3, 0.4) is 0 Å². The summed E-state index contributed by atoms with van der Waals surface area (Å²) < 4.78 is 5.61. The molecule has 2 aromatic rings. The van der Waals surface area contributed by atoms with Crippen LogP contribution in [0.4, 0.5) is 6.01 Å². The molecule has 108 valence electrons. The van der Waals surface area contributed by atoms with Crippen molar-refractivity contribution in [3.8, 4) is 0 Å². The van der Waals surface area contributed by atoms with Gasteiger partial charge in [-0.25, -0.2) is 0 Å². The summed E-state index contributed by atoms with van der Waals surface area (Å²) >= 11 is 0. The first kappa shape index (κ1) is 14.5. The highest BCUT2D eigenvalue weighted by atomic mass is 16.4. The summed E-state index contributed by atoms with van der Waals surface area (Å²) in [6.45, 7) is 4.53. The van der Waals surface area contributed by atoms with Crippen molar-refractivity contribution in [2.24, 2.45) is 0 Å². The van der Waals surface area contributed by atoms with E-state index in [0.717, 1.165) is 25.9 Å². The molecule has 0 amide bonds. The highest BCUT2D eigenvalue weighted by Gasteiger charge is 2.10. The van der Waals surface area contributed by atoms with Gasteiger partial charge in [-0.1, -0.05) is 12.0 Å². The highest BCUT2D eigenvalue weighted by molar-refractivity contribution is 5.23. The number of hydrogen-bond acceptors (Lipinski definition) is 6. The van der Waals surface area contributed by atoms with Crippen LogP contribution in [0, 0.1) is 0 Å². The predicted molar refractivity (Wildman–Crippen MR) is 77.5 cm³/mol. The normalized spacial score (nSPS) is 10.7. The van der Waals surface area contributed by atoms with E-state index < -0.39 is 0 Å². The molecule has 0 aliphatic heterocycles. The molecule has 0 spiro atoms. The van der Waals surface area contributed by atoms with Gasteiger partial charge in [0.05, 0.1) is 6.54 Å². The fourth-order valence-electron chi connectivity index (χ4n) is 1.78. The molecule has 0 fully saturated rings.